The number of para-hydroxylation sites is 2. The van der Waals surface area contributed by atoms with Crippen molar-refractivity contribution in [2.24, 2.45) is 0 Å². The molecule has 210 valence electrons. The Kier molecular flexibility index (Phi) is 5.91. The average Bonchev–Trinajstić information content (AvgIpc) is 3.63. The number of fused-ring (bicyclic) bond motifs is 6. The summed E-state index contributed by atoms with van der Waals surface area (Å²) in [6.45, 7) is 0. The number of hydrogen-bond acceptors (Lipinski definition) is 4. The molecule has 2 heterocycles. The lowest BCUT2D eigenvalue weighted by Gasteiger charge is -2.10. The van der Waals surface area contributed by atoms with Crippen molar-refractivity contribution in [2.45, 2.75) is 0 Å². The van der Waals surface area contributed by atoms with Crippen LogP contribution in [0.25, 0.3) is 66.1 Å². The van der Waals surface area contributed by atoms with E-state index in [1.165, 1.54) is 0 Å². The molecule has 0 amide bonds. The molecule has 0 saturated heterocycles. The Labute approximate surface area is 263 Å². The van der Waals surface area contributed by atoms with Crippen molar-refractivity contribution in [3.05, 3.63) is 144 Å². The zero-order valence-electron chi connectivity index (χ0n) is 24.2. The SMILES string of the molecule is N#Cc1cc(C#N)cc(-n2c3ccccc3c3cc(-c4ccc5c(c4)c4ccccc4n5-c4cc(C#N)cc(C#N)c4)ccc32)c1. The Morgan fingerprint density at radius 3 is 1.07 bits per heavy atom. The van der Waals surface area contributed by atoms with E-state index in [1.54, 1.807) is 12.1 Å². The topological polar surface area (TPSA) is 105 Å². The van der Waals surface area contributed by atoms with Crippen LogP contribution in [-0.2, 0) is 0 Å². The third-order valence-electron chi connectivity index (χ3n) is 8.55. The summed E-state index contributed by atoms with van der Waals surface area (Å²) in [5, 5.41) is 42.8. The summed E-state index contributed by atoms with van der Waals surface area (Å²) in [5.41, 5.74) is 9.32. The lowest BCUT2D eigenvalue weighted by atomic mass is 10.0. The first-order valence-corrected chi connectivity index (χ1v) is 14.6. The second-order valence-corrected chi connectivity index (χ2v) is 11.2. The highest BCUT2D eigenvalue weighted by Crippen LogP contribution is 2.38. The number of aromatic nitrogens is 2. The highest BCUT2D eigenvalue weighted by Gasteiger charge is 2.17. The Balaban J connectivity index is 1.34. The van der Waals surface area contributed by atoms with Gasteiger partial charge in [-0.05, 0) is 83.9 Å². The van der Waals surface area contributed by atoms with Gasteiger partial charge in [0.2, 0.25) is 0 Å². The molecule has 2 aromatic heterocycles. The number of nitriles is 4. The van der Waals surface area contributed by atoms with Gasteiger partial charge in [-0.3, -0.25) is 0 Å². The van der Waals surface area contributed by atoms with Crippen LogP contribution in [0.15, 0.2) is 121 Å². The van der Waals surface area contributed by atoms with Gasteiger partial charge in [-0.25, -0.2) is 0 Å². The van der Waals surface area contributed by atoms with Crippen molar-refractivity contribution in [1.82, 2.24) is 9.13 Å². The number of nitrogens with zero attached hydrogens (tertiary/aromatic N) is 6. The van der Waals surface area contributed by atoms with E-state index in [4.69, 9.17) is 0 Å². The molecule has 0 unspecified atom stereocenters. The summed E-state index contributed by atoms with van der Waals surface area (Å²) in [4.78, 5) is 0. The van der Waals surface area contributed by atoms with Gasteiger partial charge in [0.15, 0.2) is 0 Å². The van der Waals surface area contributed by atoms with Crippen LogP contribution in [0, 0.1) is 45.3 Å². The summed E-state index contributed by atoms with van der Waals surface area (Å²) < 4.78 is 4.22. The molecular weight excluding hydrogens is 564 g/mol. The molecule has 0 aliphatic heterocycles. The van der Waals surface area contributed by atoms with Gasteiger partial charge in [-0.15, -0.1) is 0 Å². The largest absolute Gasteiger partial charge is 0.309 e. The van der Waals surface area contributed by atoms with Crippen LogP contribution in [-0.4, -0.2) is 9.13 Å². The molecule has 6 nitrogen and oxygen atoms in total. The van der Waals surface area contributed by atoms with E-state index in [0.717, 1.165) is 66.1 Å². The van der Waals surface area contributed by atoms with E-state index in [-0.39, 0.29) is 0 Å². The summed E-state index contributed by atoms with van der Waals surface area (Å²) in [7, 11) is 0. The standard InChI is InChI=1S/C40H20N6/c41-21-25-13-26(22-42)16-31(15-25)45-37-7-3-1-5-33(37)35-19-29(9-11-39(35)45)30-10-12-40-36(20-30)34-6-2-4-8-38(34)46(40)32-17-27(23-43)14-28(18-32)24-44/h1-20H. The Morgan fingerprint density at radius 1 is 0.348 bits per heavy atom. The zero-order chi connectivity index (χ0) is 31.4. The minimum Gasteiger partial charge on any atom is -0.309 e. The Morgan fingerprint density at radius 2 is 0.696 bits per heavy atom. The maximum atomic E-state index is 9.63. The fourth-order valence-corrected chi connectivity index (χ4v) is 6.60. The van der Waals surface area contributed by atoms with Crippen LogP contribution in [0.2, 0.25) is 0 Å². The van der Waals surface area contributed by atoms with Crippen molar-refractivity contribution in [3.8, 4) is 46.8 Å². The first-order valence-electron chi connectivity index (χ1n) is 14.6. The van der Waals surface area contributed by atoms with Crippen molar-refractivity contribution < 1.29 is 0 Å². The molecule has 46 heavy (non-hydrogen) atoms. The molecule has 8 aromatic rings. The van der Waals surface area contributed by atoms with Gasteiger partial charge in [-0.1, -0.05) is 48.5 Å². The van der Waals surface area contributed by atoms with Gasteiger partial charge >= 0.3 is 0 Å². The fourth-order valence-electron chi connectivity index (χ4n) is 6.60. The highest BCUT2D eigenvalue weighted by molar-refractivity contribution is 6.12. The minimum absolute atomic E-state index is 0.437. The van der Waals surface area contributed by atoms with Crippen LogP contribution in [0.3, 0.4) is 0 Å². The van der Waals surface area contributed by atoms with Crippen LogP contribution in [0.1, 0.15) is 22.3 Å². The molecule has 6 aromatic carbocycles. The van der Waals surface area contributed by atoms with Crippen molar-refractivity contribution in [2.75, 3.05) is 0 Å². The van der Waals surface area contributed by atoms with E-state index in [2.05, 4.69) is 94.1 Å². The van der Waals surface area contributed by atoms with E-state index < -0.39 is 0 Å². The lowest BCUT2D eigenvalue weighted by molar-refractivity contribution is 1.17. The molecule has 0 bridgehead atoms. The minimum atomic E-state index is 0.437. The molecule has 0 aliphatic rings. The van der Waals surface area contributed by atoms with Crippen molar-refractivity contribution in [3.63, 3.8) is 0 Å². The van der Waals surface area contributed by atoms with E-state index >= 15 is 0 Å². The monoisotopic (exact) mass is 584 g/mol. The molecule has 0 saturated carbocycles. The molecule has 8 rings (SSSR count). The van der Waals surface area contributed by atoms with Gasteiger partial charge in [0.05, 0.1) is 68.6 Å². The molecule has 0 atom stereocenters. The van der Waals surface area contributed by atoms with E-state index in [9.17, 15) is 21.0 Å². The zero-order valence-corrected chi connectivity index (χ0v) is 24.2. The second kappa shape index (κ2) is 10.3. The first kappa shape index (κ1) is 26.5. The molecular formula is C40H20N6. The van der Waals surface area contributed by atoms with E-state index in [0.29, 0.717) is 22.3 Å². The predicted octanol–water partition coefficient (Wildman–Crippen LogP) is 9.03. The van der Waals surface area contributed by atoms with E-state index in [1.807, 2.05) is 48.5 Å². The fraction of sp³-hybridized carbons (Fsp3) is 0. The highest BCUT2D eigenvalue weighted by atomic mass is 15.0. The predicted molar refractivity (Wildman–Crippen MR) is 179 cm³/mol. The smallest absolute Gasteiger partial charge is 0.0992 e. The number of benzene rings is 6. The maximum absolute atomic E-state index is 9.63. The van der Waals surface area contributed by atoms with Gasteiger partial charge < -0.3 is 9.13 Å². The molecule has 6 heteroatoms. The first-order chi connectivity index (χ1) is 22.6. The van der Waals surface area contributed by atoms with Gasteiger partial charge in [0.25, 0.3) is 0 Å². The van der Waals surface area contributed by atoms with Crippen molar-refractivity contribution >= 4 is 43.6 Å². The summed E-state index contributed by atoms with van der Waals surface area (Å²) in [5.74, 6) is 0. The normalized spacial score (nSPS) is 11.0. The van der Waals surface area contributed by atoms with Gasteiger partial charge in [-0.2, -0.15) is 21.0 Å². The Hall–Kier alpha value is -7.12. The van der Waals surface area contributed by atoms with Crippen LogP contribution in [0.5, 0.6) is 0 Å². The van der Waals surface area contributed by atoms with Crippen LogP contribution >= 0.6 is 0 Å². The molecule has 0 N–H and O–H groups in total. The molecule has 0 spiro atoms. The Bertz CT molecular complexity index is 2490. The maximum Gasteiger partial charge on any atom is 0.0992 e. The quantitative estimate of drug-likeness (QED) is 0.207. The number of hydrogen-bond donors (Lipinski definition) is 0. The van der Waals surface area contributed by atoms with Crippen LogP contribution in [0.4, 0.5) is 0 Å². The molecule has 0 radical (unpaired) electrons. The van der Waals surface area contributed by atoms with Crippen LogP contribution < -0.4 is 0 Å². The molecule has 0 aliphatic carbocycles. The number of rotatable bonds is 3. The average molecular weight is 585 g/mol. The summed E-state index contributed by atoms with van der Waals surface area (Å²) >= 11 is 0. The van der Waals surface area contributed by atoms with Gasteiger partial charge in [0, 0.05) is 32.9 Å². The van der Waals surface area contributed by atoms with Gasteiger partial charge in [0.1, 0.15) is 0 Å². The van der Waals surface area contributed by atoms with Crippen molar-refractivity contribution in [1.29, 1.82) is 21.0 Å². The third-order valence-corrected chi connectivity index (χ3v) is 8.55. The summed E-state index contributed by atoms with van der Waals surface area (Å²) in [6.07, 6.45) is 0. The third kappa shape index (κ3) is 4.00. The lowest BCUT2D eigenvalue weighted by Crippen LogP contribution is -1.96. The molecule has 0 fully saturated rings. The second-order valence-electron chi connectivity index (χ2n) is 11.2. The summed E-state index contributed by atoms with van der Waals surface area (Å²) in [6, 6.07) is 48.3.